The molecule has 0 saturated heterocycles. The topological polar surface area (TPSA) is 83.4 Å². The number of para-hydroxylation sites is 1. The van der Waals surface area contributed by atoms with Crippen molar-refractivity contribution in [2.45, 2.75) is 24.8 Å². The Bertz CT molecular complexity index is 608. The van der Waals surface area contributed by atoms with E-state index in [-0.39, 0.29) is 0 Å². The Hall–Kier alpha value is -1.92. The fourth-order valence-electron chi connectivity index (χ4n) is 2.32. The van der Waals surface area contributed by atoms with Gasteiger partial charge < -0.3 is 19.7 Å². The fourth-order valence-corrected chi connectivity index (χ4v) is 2.32. The van der Waals surface area contributed by atoms with Crippen molar-refractivity contribution in [3.05, 3.63) is 30.1 Å². The number of methoxy groups -OCH3 is 1. The van der Waals surface area contributed by atoms with Crippen LogP contribution >= 0.6 is 0 Å². The lowest BCUT2D eigenvalue weighted by Crippen LogP contribution is -2.44. The van der Waals surface area contributed by atoms with E-state index in [0.29, 0.717) is 30.7 Å². The lowest BCUT2D eigenvalue weighted by Gasteiger charge is -2.34. The Labute approximate surface area is 123 Å². The van der Waals surface area contributed by atoms with Gasteiger partial charge in [0.15, 0.2) is 5.82 Å². The molecule has 1 aliphatic carbocycles. The molecule has 0 radical (unpaired) electrons. The van der Waals surface area contributed by atoms with Gasteiger partial charge in [0.2, 0.25) is 0 Å². The quantitative estimate of drug-likeness (QED) is 0.820. The highest BCUT2D eigenvalue weighted by molar-refractivity contribution is 5.62. The fraction of sp³-hybridized carbons (Fsp3) is 0.467. The van der Waals surface area contributed by atoms with Gasteiger partial charge in [-0.1, -0.05) is 17.3 Å². The molecule has 2 N–H and O–H groups in total. The van der Waals surface area contributed by atoms with Crippen LogP contribution in [0.1, 0.15) is 25.1 Å². The number of rotatable bonds is 6. The second kappa shape index (κ2) is 5.83. The van der Waals surface area contributed by atoms with E-state index in [0.717, 1.165) is 24.8 Å². The van der Waals surface area contributed by atoms with Gasteiger partial charge in [-0.05, 0) is 31.4 Å². The van der Waals surface area contributed by atoms with Crippen molar-refractivity contribution in [1.82, 2.24) is 10.1 Å². The number of aromatic nitrogens is 2. The largest absolute Gasteiger partial charge is 0.490 e. The number of benzene rings is 1. The predicted molar refractivity (Wildman–Crippen MR) is 76.8 cm³/mol. The zero-order chi connectivity index (χ0) is 14.7. The molecule has 0 atom stereocenters. The van der Waals surface area contributed by atoms with Crippen LogP contribution in [0.4, 0.5) is 0 Å². The van der Waals surface area contributed by atoms with E-state index in [4.69, 9.17) is 19.7 Å². The number of nitrogens with zero attached hydrogens (tertiary/aromatic N) is 2. The number of ether oxygens (including phenoxy) is 2. The van der Waals surface area contributed by atoms with Gasteiger partial charge >= 0.3 is 0 Å². The van der Waals surface area contributed by atoms with Crippen molar-refractivity contribution in [3.8, 4) is 17.2 Å². The van der Waals surface area contributed by atoms with Crippen LogP contribution in [0.15, 0.2) is 28.8 Å². The van der Waals surface area contributed by atoms with Gasteiger partial charge in [0.05, 0.1) is 17.7 Å². The van der Waals surface area contributed by atoms with Crippen LogP contribution < -0.4 is 10.5 Å². The molecule has 1 aliphatic rings. The first-order valence-electron chi connectivity index (χ1n) is 7.07. The summed E-state index contributed by atoms with van der Waals surface area (Å²) in [7, 11) is 1.64. The Morgan fingerprint density at radius 1 is 1.29 bits per heavy atom. The molecule has 21 heavy (non-hydrogen) atoms. The highest BCUT2D eigenvalue weighted by Gasteiger charge is 2.39. The monoisotopic (exact) mass is 289 g/mol. The molecule has 2 aromatic rings. The summed E-state index contributed by atoms with van der Waals surface area (Å²) in [5, 5.41) is 4.03. The molecule has 1 heterocycles. The minimum Gasteiger partial charge on any atom is -0.490 e. The van der Waals surface area contributed by atoms with Crippen LogP contribution in [-0.4, -0.2) is 30.5 Å². The number of hydrogen-bond donors (Lipinski definition) is 1. The standard InChI is InChI=1S/C15H19N3O3/c1-19-9-10-20-12-6-3-2-5-11(12)13-17-14(18-21-13)15(16)7-4-8-15/h2-3,5-6H,4,7-10,16H2,1H3. The van der Waals surface area contributed by atoms with Gasteiger partial charge in [-0.25, -0.2) is 0 Å². The molecule has 1 saturated carbocycles. The van der Waals surface area contributed by atoms with Crippen LogP contribution in [0.3, 0.4) is 0 Å². The molecule has 112 valence electrons. The van der Waals surface area contributed by atoms with Crippen molar-refractivity contribution >= 4 is 0 Å². The number of nitrogens with two attached hydrogens (primary N) is 1. The Balaban J connectivity index is 1.83. The Morgan fingerprint density at radius 2 is 2.10 bits per heavy atom. The molecule has 6 nitrogen and oxygen atoms in total. The maximum absolute atomic E-state index is 6.22. The van der Waals surface area contributed by atoms with E-state index < -0.39 is 5.54 Å². The summed E-state index contributed by atoms with van der Waals surface area (Å²) in [5.74, 6) is 1.72. The van der Waals surface area contributed by atoms with E-state index in [2.05, 4.69) is 10.1 Å². The highest BCUT2D eigenvalue weighted by atomic mass is 16.5. The molecule has 0 spiro atoms. The molecule has 0 aliphatic heterocycles. The predicted octanol–water partition coefficient (Wildman–Crippen LogP) is 2.10. The zero-order valence-corrected chi connectivity index (χ0v) is 12.0. The smallest absolute Gasteiger partial charge is 0.261 e. The van der Waals surface area contributed by atoms with E-state index in [9.17, 15) is 0 Å². The molecule has 1 aromatic heterocycles. The van der Waals surface area contributed by atoms with Gasteiger partial charge in [0.1, 0.15) is 12.4 Å². The summed E-state index contributed by atoms with van der Waals surface area (Å²) < 4.78 is 16.0. The van der Waals surface area contributed by atoms with Crippen LogP contribution in [-0.2, 0) is 10.3 Å². The van der Waals surface area contributed by atoms with Crippen molar-refractivity contribution in [2.24, 2.45) is 5.73 Å². The minimum atomic E-state index is -0.423. The van der Waals surface area contributed by atoms with Crippen LogP contribution in [0.2, 0.25) is 0 Å². The summed E-state index contributed by atoms with van der Waals surface area (Å²) in [6, 6.07) is 7.57. The molecule has 1 fully saturated rings. The van der Waals surface area contributed by atoms with Crippen LogP contribution in [0, 0.1) is 0 Å². The van der Waals surface area contributed by atoms with Gasteiger partial charge in [0, 0.05) is 7.11 Å². The van der Waals surface area contributed by atoms with E-state index in [1.165, 1.54) is 0 Å². The Morgan fingerprint density at radius 3 is 2.81 bits per heavy atom. The minimum absolute atomic E-state index is 0.423. The summed E-state index contributed by atoms with van der Waals surface area (Å²) in [4.78, 5) is 4.45. The molecule has 3 rings (SSSR count). The third kappa shape index (κ3) is 2.77. The van der Waals surface area contributed by atoms with Gasteiger partial charge in [-0.2, -0.15) is 4.98 Å². The lowest BCUT2D eigenvalue weighted by atomic mass is 9.77. The van der Waals surface area contributed by atoms with Crippen molar-refractivity contribution < 1.29 is 14.0 Å². The lowest BCUT2D eigenvalue weighted by molar-refractivity contribution is 0.146. The third-order valence-corrected chi connectivity index (χ3v) is 3.78. The maximum atomic E-state index is 6.22. The zero-order valence-electron chi connectivity index (χ0n) is 12.0. The average molecular weight is 289 g/mol. The van der Waals surface area contributed by atoms with Crippen molar-refractivity contribution in [3.63, 3.8) is 0 Å². The number of hydrogen-bond acceptors (Lipinski definition) is 6. The summed E-state index contributed by atoms with van der Waals surface area (Å²) in [5.41, 5.74) is 6.57. The van der Waals surface area contributed by atoms with E-state index >= 15 is 0 Å². The molecule has 0 amide bonds. The molecule has 6 heteroatoms. The Kier molecular flexibility index (Phi) is 3.90. The third-order valence-electron chi connectivity index (χ3n) is 3.78. The first-order chi connectivity index (χ1) is 10.2. The van der Waals surface area contributed by atoms with Gasteiger partial charge in [-0.15, -0.1) is 0 Å². The summed E-state index contributed by atoms with van der Waals surface area (Å²) in [6.45, 7) is 0.991. The average Bonchev–Trinajstić information content (AvgIpc) is 2.95. The highest BCUT2D eigenvalue weighted by Crippen LogP contribution is 2.38. The normalized spacial score (nSPS) is 16.5. The second-order valence-corrected chi connectivity index (χ2v) is 5.27. The van der Waals surface area contributed by atoms with Crippen molar-refractivity contribution in [1.29, 1.82) is 0 Å². The SMILES string of the molecule is COCCOc1ccccc1-c1nc(C2(N)CCC2)no1. The molecule has 0 unspecified atom stereocenters. The van der Waals surface area contributed by atoms with E-state index in [1.807, 2.05) is 24.3 Å². The summed E-state index contributed by atoms with van der Waals surface area (Å²) >= 11 is 0. The molecule has 0 bridgehead atoms. The van der Waals surface area contributed by atoms with Crippen LogP contribution in [0.25, 0.3) is 11.5 Å². The molecular weight excluding hydrogens is 270 g/mol. The van der Waals surface area contributed by atoms with Crippen molar-refractivity contribution in [2.75, 3.05) is 20.3 Å². The molecular formula is C15H19N3O3. The first kappa shape index (κ1) is 14.0. The van der Waals surface area contributed by atoms with Gasteiger partial charge in [-0.3, -0.25) is 0 Å². The van der Waals surface area contributed by atoms with Crippen LogP contribution in [0.5, 0.6) is 5.75 Å². The van der Waals surface area contributed by atoms with Gasteiger partial charge in [0.25, 0.3) is 5.89 Å². The summed E-state index contributed by atoms with van der Waals surface area (Å²) in [6.07, 6.45) is 2.91. The second-order valence-electron chi connectivity index (χ2n) is 5.27. The first-order valence-corrected chi connectivity index (χ1v) is 7.07. The maximum Gasteiger partial charge on any atom is 0.261 e. The molecule has 1 aromatic carbocycles. The van der Waals surface area contributed by atoms with E-state index in [1.54, 1.807) is 7.11 Å².